The second-order valence-electron chi connectivity index (χ2n) is 4.09. The summed E-state index contributed by atoms with van der Waals surface area (Å²) in [4.78, 5) is 11.2. The lowest BCUT2D eigenvalue weighted by atomic mass is 9.81. The molecule has 0 aliphatic heterocycles. The maximum Gasteiger partial charge on any atom is 0.317 e. The maximum atomic E-state index is 11.2. The zero-order chi connectivity index (χ0) is 11.6. The van der Waals surface area contributed by atoms with Crippen LogP contribution in [0.2, 0.25) is 0 Å². The highest BCUT2D eigenvalue weighted by molar-refractivity contribution is 5.83. The van der Waals surface area contributed by atoms with Crippen molar-refractivity contribution in [1.29, 1.82) is 0 Å². The van der Waals surface area contributed by atoms with E-state index in [9.17, 15) is 9.90 Å². The Morgan fingerprint density at radius 3 is 2.13 bits per heavy atom. The van der Waals surface area contributed by atoms with Crippen LogP contribution in [-0.2, 0) is 10.2 Å². The van der Waals surface area contributed by atoms with Crippen LogP contribution in [0.15, 0.2) is 30.9 Å². The highest BCUT2D eigenvalue weighted by Crippen LogP contribution is 2.27. The first kappa shape index (κ1) is 11.5. The Bertz CT molecular complexity index is 387. The fourth-order valence-corrected chi connectivity index (χ4v) is 1.60. The van der Waals surface area contributed by atoms with E-state index >= 15 is 0 Å². The second kappa shape index (κ2) is 3.89. The molecule has 0 heterocycles. The minimum atomic E-state index is -1.00. The van der Waals surface area contributed by atoms with Gasteiger partial charge in [0.1, 0.15) is 5.41 Å². The molecule has 0 saturated heterocycles. The van der Waals surface area contributed by atoms with E-state index in [1.807, 2.05) is 32.0 Å². The van der Waals surface area contributed by atoms with Crippen LogP contribution >= 0.6 is 0 Å². The Kier molecular flexibility index (Phi) is 2.98. The summed E-state index contributed by atoms with van der Waals surface area (Å²) in [6.07, 6.45) is 1.48. The lowest BCUT2D eigenvalue weighted by molar-refractivity contribution is -0.141. The van der Waals surface area contributed by atoms with Gasteiger partial charge >= 0.3 is 5.97 Å². The molecule has 1 N–H and O–H groups in total. The van der Waals surface area contributed by atoms with Gasteiger partial charge in [0, 0.05) is 0 Å². The topological polar surface area (TPSA) is 37.3 Å². The standard InChI is InChI=1S/C13H16O2/c1-5-13(4,12(14)15)11-7-9(2)6-10(3)8-11/h5-8H,1H2,2-4H3,(H,14,15)/t13-/m0/s1. The minimum Gasteiger partial charge on any atom is -0.480 e. The molecule has 0 bridgehead atoms. The predicted octanol–water partition coefficient (Wildman–Crippen LogP) is 2.83. The van der Waals surface area contributed by atoms with Crippen LogP contribution < -0.4 is 0 Å². The summed E-state index contributed by atoms with van der Waals surface area (Å²) in [5, 5.41) is 9.20. The van der Waals surface area contributed by atoms with Crippen molar-refractivity contribution in [3.05, 3.63) is 47.5 Å². The normalized spacial score (nSPS) is 14.3. The first-order valence-corrected chi connectivity index (χ1v) is 4.86. The zero-order valence-corrected chi connectivity index (χ0v) is 9.37. The van der Waals surface area contributed by atoms with Crippen molar-refractivity contribution >= 4 is 5.97 Å². The van der Waals surface area contributed by atoms with Crippen LogP contribution in [0.25, 0.3) is 0 Å². The third-order valence-electron chi connectivity index (χ3n) is 2.67. The molecule has 80 valence electrons. The van der Waals surface area contributed by atoms with Crippen molar-refractivity contribution in [3.8, 4) is 0 Å². The molecular weight excluding hydrogens is 188 g/mol. The van der Waals surface area contributed by atoms with Crippen molar-refractivity contribution in [2.24, 2.45) is 0 Å². The van der Waals surface area contributed by atoms with Gasteiger partial charge in [-0.3, -0.25) is 4.79 Å². The highest BCUT2D eigenvalue weighted by Gasteiger charge is 2.31. The molecule has 0 radical (unpaired) electrons. The van der Waals surface area contributed by atoms with Gasteiger partial charge in [-0.2, -0.15) is 0 Å². The molecule has 0 fully saturated rings. The fraction of sp³-hybridized carbons (Fsp3) is 0.308. The smallest absolute Gasteiger partial charge is 0.317 e. The van der Waals surface area contributed by atoms with E-state index in [0.717, 1.165) is 16.7 Å². The van der Waals surface area contributed by atoms with Crippen LogP contribution in [0.4, 0.5) is 0 Å². The maximum absolute atomic E-state index is 11.2. The molecule has 0 amide bonds. The molecule has 0 aliphatic rings. The molecule has 0 saturated carbocycles. The van der Waals surface area contributed by atoms with Gasteiger partial charge in [-0.15, -0.1) is 6.58 Å². The molecule has 1 atom stereocenters. The number of benzene rings is 1. The number of aryl methyl sites for hydroxylation is 2. The van der Waals surface area contributed by atoms with E-state index in [4.69, 9.17) is 0 Å². The SMILES string of the molecule is C=C[C@](C)(C(=O)O)c1cc(C)cc(C)c1. The number of hydrogen-bond donors (Lipinski definition) is 1. The molecule has 2 nitrogen and oxygen atoms in total. The number of aliphatic carboxylic acids is 1. The number of rotatable bonds is 3. The summed E-state index contributed by atoms with van der Waals surface area (Å²) >= 11 is 0. The Labute approximate surface area is 90.3 Å². The first-order valence-electron chi connectivity index (χ1n) is 4.86. The zero-order valence-electron chi connectivity index (χ0n) is 9.37. The third-order valence-corrected chi connectivity index (χ3v) is 2.67. The molecule has 1 rings (SSSR count). The van der Waals surface area contributed by atoms with Crippen LogP contribution in [-0.4, -0.2) is 11.1 Å². The van der Waals surface area contributed by atoms with Crippen molar-refractivity contribution in [2.45, 2.75) is 26.2 Å². The number of carbonyl (C=O) groups is 1. The van der Waals surface area contributed by atoms with E-state index in [1.54, 1.807) is 6.92 Å². The van der Waals surface area contributed by atoms with Crippen molar-refractivity contribution in [1.82, 2.24) is 0 Å². The van der Waals surface area contributed by atoms with Gasteiger partial charge in [0.25, 0.3) is 0 Å². The van der Waals surface area contributed by atoms with E-state index < -0.39 is 11.4 Å². The Hall–Kier alpha value is -1.57. The van der Waals surface area contributed by atoms with E-state index in [1.165, 1.54) is 6.08 Å². The van der Waals surface area contributed by atoms with Crippen LogP contribution in [0, 0.1) is 13.8 Å². The van der Waals surface area contributed by atoms with Gasteiger partial charge in [-0.05, 0) is 26.3 Å². The summed E-state index contributed by atoms with van der Waals surface area (Å²) in [6, 6.07) is 5.81. The van der Waals surface area contributed by atoms with Gasteiger partial charge in [0.05, 0.1) is 0 Å². The lowest BCUT2D eigenvalue weighted by Crippen LogP contribution is -2.29. The molecule has 0 aliphatic carbocycles. The van der Waals surface area contributed by atoms with Crippen LogP contribution in [0.5, 0.6) is 0 Å². The quantitative estimate of drug-likeness (QED) is 0.769. The predicted molar refractivity (Wildman–Crippen MR) is 61.1 cm³/mol. The average molecular weight is 204 g/mol. The molecule has 0 spiro atoms. The Balaban J connectivity index is 3.36. The third kappa shape index (κ3) is 2.09. The van der Waals surface area contributed by atoms with Crippen LogP contribution in [0.3, 0.4) is 0 Å². The van der Waals surface area contributed by atoms with E-state index in [2.05, 4.69) is 6.58 Å². The molecule has 2 heteroatoms. The minimum absolute atomic E-state index is 0.780. The Morgan fingerprint density at radius 2 is 1.80 bits per heavy atom. The molecule has 1 aromatic carbocycles. The summed E-state index contributed by atoms with van der Waals surface area (Å²) in [5.74, 6) is -0.873. The summed E-state index contributed by atoms with van der Waals surface area (Å²) in [6.45, 7) is 9.19. The second-order valence-corrected chi connectivity index (χ2v) is 4.09. The summed E-state index contributed by atoms with van der Waals surface area (Å²) in [7, 11) is 0. The summed E-state index contributed by atoms with van der Waals surface area (Å²) < 4.78 is 0. The average Bonchev–Trinajstić information content (AvgIpc) is 2.14. The van der Waals surface area contributed by atoms with E-state index in [-0.39, 0.29) is 0 Å². The van der Waals surface area contributed by atoms with Crippen molar-refractivity contribution in [3.63, 3.8) is 0 Å². The molecule has 0 unspecified atom stereocenters. The monoisotopic (exact) mass is 204 g/mol. The van der Waals surface area contributed by atoms with Crippen molar-refractivity contribution in [2.75, 3.05) is 0 Å². The molecule has 1 aromatic rings. The molecule has 0 aromatic heterocycles. The number of carboxylic acids is 1. The van der Waals surface area contributed by atoms with Crippen LogP contribution in [0.1, 0.15) is 23.6 Å². The fourth-order valence-electron chi connectivity index (χ4n) is 1.60. The lowest BCUT2D eigenvalue weighted by Gasteiger charge is -2.21. The first-order chi connectivity index (χ1) is 6.90. The van der Waals surface area contributed by atoms with Gasteiger partial charge in [0.15, 0.2) is 0 Å². The Morgan fingerprint density at radius 1 is 1.33 bits per heavy atom. The van der Waals surface area contributed by atoms with E-state index in [0.29, 0.717) is 0 Å². The molecule has 15 heavy (non-hydrogen) atoms. The van der Waals surface area contributed by atoms with Crippen molar-refractivity contribution < 1.29 is 9.90 Å². The molecular formula is C13H16O2. The highest BCUT2D eigenvalue weighted by atomic mass is 16.4. The summed E-state index contributed by atoms with van der Waals surface area (Å²) in [5.41, 5.74) is 1.91. The largest absolute Gasteiger partial charge is 0.480 e. The van der Waals surface area contributed by atoms with Gasteiger partial charge in [-0.1, -0.05) is 35.4 Å². The van der Waals surface area contributed by atoms with Gasteiger partial charge in [0.2, 0.25) is 0 Å². The number of carboxylic acid groups (broad SMARTS) is 1. The number of hydrogen-bond acceptors (Lipinski definition) is 1. The van der Waals surface area contributed by atoms with Gasteiger partial charge in [-0.25, -0.2) is 0 Å². The van der Waals surface area contributed by atoms with Gasteiger partial charge < -0.3 is 5.11 Å².